The van der Waals surface area contributed by atoms with Crippen LogP contribution in [0.25, 0.3) is 0 Å². The number of hydrogen-bond donors (Lipinski definition) is 1. The van der Waals surface area contributed by atoms with E-state index in [4.69, 9.17) is 9.47 Å². The molecule has 114 valence electrons. The highest BCUT2D eigenvalue weighted by Crippen LogP contribution is 2.36. The maximum Gasteiger partial charge on any atom is 0.238 e. The molecule has 2 heterocycles. The zero-order valence-corrected chi connectivity index (χ0v) is 12.6. The predicted molar refractivity (Wildman–Crippen MR) is 79.4 cm³/mol. The van der Waals surface area contributed by atoms with Gasteiger partial charge < -0.3 is 14.8 Å². The summed E-state index contributed by atoms with van der Waals surface area (Å²) in [4.78, 5) is 14.4. The Morgan fingerprint density at radius 2 is 2.19 bits per heavy atom. The van der Waals surface area contributed by atoms with Crippen LogP contribution in [-0.2, 0) is 4.79 Å². The number of nitrogens with zero attached hydrogens (tertiary/aromatic N) is 1. The molecule has 2 saturated heterocycles. The quantitative estimate of drug-likeness (QED) is 0.922. The molecule has 5 nitrogen and oxygen atoms in total. The largest absolute Gasteiger partial charge is 0.493 e. The van der Waals surface area contributed by atoms with E-state index in [0.29, 0.717) is 12.4 Å². The Morgan fingerprint density at radius 1 is 1.33 bits per heavy atom. The molecule has 0 aromatic heterocycles. The first kappa shape index (κ1) is 14.2. The van der Waals surface area contributed by atoms with E-state index >= 15 is 0 Å². The molecule has 1 amide bonds. The number of hydrogen-bond acceptors (Lipinski definition) is 4. The van der Waals surface area contributed by atoms with E-state index in [1.165, 1.54) is 0 Å². The Morgan fingerprint density at radius 3 is 2.95 bits per heavy atom. The van der Waals surface area contributed by atoms with Crippen LogP contribution in [0.5, 0.6) is 11.5 Å². The second-order valence-corrected chi connectivity index (χ2v) is 5.50. The van der Waals surface area contributed by atoms with E-state index in [0.717, 1.165) is 37.1 Å². The van der Waals surface area contributed by atoms with Crippen LogP contribution >= 0.6 is 0 Å². The molecule has 2 aliphatic heterocycles. The number of amides is 1. The monoisotopic (exact) mass is 290 g/mol. The Kier molecular flexibility index (Phi) is 4.01. The van der Waals surface area contributed by atoms with Gasteiger partial charge in [0.05, 0.1) is 19.8 Å². The Balaban J connectivity index is 1.88. The molecular formula is C16H22N2O3. The standard InChI is InChI=1S/C16H22N2O3/c1-3-21-13-8-7-11(10-14(13)20-2)15-17-16(19)12-6-4-5-9-18(12)15/h7-8,10,12,15H,3-6,9H2,1-2H3,(H,17,19). The number of methoxy groups -OCH3 is 1. The topological polar surface area (TPSA) is 50.8 Å². The molecule has 2 aliphatic rings. The molecule has 5 heteroatoms. The van der Waals surface area contributed by atoms with Gasteiger partial charge in [-0.2, -0.15) is 0 Å². The van der Waals surface area contributed by atoms with Gasteiger partial charge >= 0.3 is 0 Å². The third-order valence-electron chi connectivity index (χ3n) is 4.26. The molecule has 3 rings (SSSR count). The van der Waals surface area contributed by atoms with Gasteiger partial charge in [0.25, 0.3) is 0 Å². The van der Waals surface area contributed by atoms with Crippen molar-refractivity contribution in [2.24, 2.45) is 0 Å². The molecule has 1 N–H and O–H groups in total. The van der Waals surface area contributed by atoms with Crippen LogP contribution in [0.15, 0.2) is 18.2 Å². The van der Waals surface area contributed by atoms with Gasteiger partial charge in [-0.05, 0) is 37.5 Å². The smallest absolute Gasteiger partial charge is 0.238 e. The van der Waals surface area contributed by atoms with Crippen molar-refractivity contribution in [2.45, 2.75) is 38.4 Å². The van der Waals surface area contributed by atoms with Gasteiger partial charge in [0.2, 0.25) is 5.91 Å². The SMILES string of the molecule is CCOc1ccc(C2NC(=O)C3CCCCN32)cc1OC. The molecule has 1 aromatic rings. The lowest BCUT2D eigenvalue weighted by Gasteiger charge is -2.31. The average Bonchev–Trinajstić information content (AvgIpc) is 2.86. The van der Waals surface area contributed by atoms with Crippen LogP contribution in [0, 0.1) is 0 Å². The van der Waals surface area contributed by atoms with E-state index in [1.807, 2.05) is 25.1 Å². The highest BCUT2D eigenvalue weighted by molar-refractivity contribution is 5.84. The summed E-state index contributed by atoms with van der Waals surface area (Å²) in [5.41, 5.74) is 1.05. The highest BCUT2D eigenvalue weighted by Gasteiger charge is 2.41. The first-order valence-electron chi connectivity index (χ1n) is 7.61. The van der Waals surface area contributed by atoms with Crippen molar-refractivity contribution in [1.29, 1.82) is 0 Å². The highest BCUT2D eigenvalue weighted by atomic mass is 16.5. The minimum absolute atomic E-state index is 0.0290. The summed E-state index contributed by atoms with van der Waals surface area (Å²) in [6, 6.07) is 5.92. The van der Waals surface area contributed by atoms with Gasteiger partial charge in [0.1, 0.15) is 6.17 Å². The van der Waals surface area contributed by atoms with E-state index in [1.54, 1.807) is 7.11 Å². The van der Waals surface area contributed by atoms with Gasteiger partial charge in [-0.3, -0.25) is 9.69 Å². The van der Waals surface area contributed by atoms with Gasteiger partial charge in [-0.15, -0.1) is 0 Å². The van der Waals surface area contributed by atoms with Crippen LogP contribution in [0.3, 0.4) is 0 Å². The molecule has 0 radical (unpaired) electrons. The van der Waals surface area contributed by atoms with E-state index in [9.17, 15) is 4.79 Å². The maximum atomic E-state index is 12.1. The first-order valence-corrected chi connectivity index (χ1v) is 7.61. The van der Waals surface area contributed by atoms with Crippen molar-refractivity contribution in [1.82, 2.24) is 10.2 Å². The zero-order chi connectivity index (χ0) is 14.8. The molecule has 0 bridgehead atoms. The van der Waals surface area contributed by atoms with Crippen molar-refractivity contribution in [3.05, 3.63) is 23.8 Å². The third-order valence-corrected chi connectivity index (χ3v) is 4.26. The summed E-state index contributed by atoms with van der Waals surface area (Å²) in [5.74, 6) is 1.60. The van der Waals surface area contributed by atoms with Crippen molar-refractivity contribution >= 4 is 5.91 Å². The first-order chi connectivity index (χ1) is 10.2. The number of nitrogens with one attached hydrogen (secondary N) is 1. The number of fused-ring (bicyclic) bond motifs is 1. The fourth-order valence-electron chi connectivity index (χ4n) is 3.26. The van der Waals surface area contributed by atoms with E-state index in [2.05, 4.69) is 10.2 Å². The van der Waals surface area contributed by atoms with Crippen molar-refractivity contribution in [3.8, 4) is 11.5 Å². The Labute approximate surface area is 125 Å². The summed E-state index contributed by atoms with van der Waals surface area (Å²) < 4.78 is 11.0. The molecule has 0 spiro atoms. The number of benzene rings is 1. The van der Waals surface area contributed by atoms with Crippen LogP contribution in [0.2, 0.25) is 0 Å². The minimum Gasteiger partial charge on any atom is -0.493 e. The molecule has 2 unspecified atom stereocenters. The zero-order valence-electron chi connectivity index (χ0n) is 12.6. The van der Waals surface area contributed by atoms with Crippen LogP contribution in [0.4, 0.5) is 0 Å². The normalized spacial score (nSPS) is 25.3. The fraction of sp³-hybridized carbons (Fsp3) is 0.562. The van der Waals surface area contributed by atoms with E-state index < -0.39 is 0 Å². The lowest BCUT2D eigenvalue weighted by atomic mass is 10.0. The summed E-state index contributed by atoms with van der Waals surface area (Å²) in [6.07, 6.45) is 3.19. The van der Waals surface area contributed by atoms with Crippen molar-refractivity contribution in [3.63, 3.8) is 0 Å². The molecule has 2 atom stereocenters. The molecular weight excluding hydrogens is 268 g/mol. The number of rotatable bonds is 4. The lowest BCUT2D eigenvalue weighted by molar-refractivity contribution is -0.122. The maximum absolute atomic E-state index is 12.1. The second kappa shape index (κ2) is 5.93. The molecule has 21 heavy (non-hydrogen) atoms. The average molecular weight is 290 g/mol. The summed E-state index contributed by atoms with van der Waals surface area (Å²) in [7, 11) is 1.64. The lowest BCUT2D eigenvalue weighted by Crippen LogP contribution is -2.38. The van der Waals surface area contributed by atoms with Gasteiger partial charge in [0.15, 0.2) is 11.5 Å². The molecule has 1 aromatic carbocycles. The predicted octanol–water partition coefficient (Wildman–Crippen LogP) is 2.08. The Bertz CT molecular complexity index is 532. The van der Waals surface area contributed by atoms with Crippen LogP contribution < -0.4 is 14.8 Å². The van der Waals surface area contributed by atoms with E-state index in [-0.39, 0.29) is 18.1 Å². The molecule has 0 saturated carbocycles. The van der Waals surface area contributed by atoms with Crippen LogP contribution in [0.1, 0.15) is 37.9 Å². The van der Waals surface area contributed by atoms with Gasteiger partial charge in [-0.1, -0.05) is 12.5 Å². The fourth-order valence-corrected chi connectivity index (χ4v) is 3.26. The number of piperidine rings is 1. The summed E-state index contributed by atoms with van der Waals surface area (Å²) in [6.45, 7) is 3.51. The minimum atomic E-state index is -0.0487. The second-order valence-electron chi connectivity index (χ2n) is 5.50. The molecule has 2 fully saturated rings. The van der Waals surface area contributed by atoms with Crippen LogP contribution in [-0.4, -0.2) is 37.1 Å². The number of carbonyl (C=O) groups is 1. The summed E-state index contributed by atoms with van der Waals surface area (Å²) in [5, 5.41) is 3.11. The van der Waals surface area contributed by atoms with Crippen molar-refractivity contribution in [2.75, 3.05) is 20.3 Å². The van der Waals surface area contributed by atoms with Crippen molar-refractivity contribution < 1.29 is 14.3 Å². The number of ether oxygens (including phenoxy) is 2. The summed E-state index contributed by atoms with van der Waals surface area (Å²) >= 11 is 0. The third kappa shape index (κ3) is 2.58. The number of carbonyl (C=O) groups excluding carboxylic acids is 1. The van der Waals surface area contributed by atoms with Gasteiger partial charge in [0, 0.05) is 6.54 Å². The molecule has 0 aliphatic carbocycles. The Hall–Kier alpha value is -1.75. The van der Waals surface area contributed by atoms with Gasteiger partial charge in [-0.25, -0.2) is 0 Å².